The largest absolute Gasteiger partial charge is 0.379 e. The summed E-state index contributed by atoms with van der Waals surface area (Å²) in [6.45, 7) is 3.64. The van der Waals surface area contributed by atoms with Crippen LogP contribution in [0.4, 0.5) is 0 Å². The molecule has 36 heavy (non-hydrogen) atoms. The normalized spacial score (nSPS) is 14.6. The first kappa shape index (κ1) is 24.1. The summed E-state index contributed by atoms with van der Waals surface area (Å²) in [5, 5.41) is 3.43. The Hall–Kier alpha value is -3.66. The molecule has 1 aliphatic rings. The van der Waals surface area contributed by atoms with Gasteiger partial charge in [-0.15, -0.1) is 0 Å². The van der Waals surface area contributed by atoms with Crippen LogP contribution in [0.2, 0.25) is 0 Å². The van der Waals surface area contributed by atoms with Crippen LogP contribution in [0.1, 0.15) is 21.5 Å². The molecule has 4 aromatic rings. The van der Waals surface area contributed by atoms with Crippen molar-refractivity contribution in [2.24, 2.45) is 0 Å². The molecule has 1 fully saturated rings. The van der Waals surface area contributed by atoms with Crippen molar-refractivity contribution < 1.29 is 17.9 Å². The van der Waals surface area contributed by atoms with E-state index in [1.807, 2.05) is 49.4 Å². The SMILES string of the molecule is Cc1ccc(CNC(=O)c2cc(-c3ccccn3)nc3ccc(S(=O)(=O)N4CCOCC4)cc23)cc1. The van der Waals surface area contributed by atoms with E-state index in [2.05, 4.69) is 15.3 Å². The number of nitrogens with one attached hydrogen (secondary N) is 1. The van der Waals surface area contributed by atoms with E-state index in [0.29, 0.717) is 60.7 Å². The predicted octanol–water partition coefficient (Wildman–Crippen LogP) is 3.56. The van der Waals surface area contributed by atoms with Gasteiger partial charge in [-0.2, -0.15) is 4.31 Å². The van der Waals surface area contributed by atoms with Gasteiger partial charge in [-0.1, -0.05) is 35.9 Å². The molecule has 1 N–H and O–H groups in total. The Morgan fingerprint density at radius 3 is 2.50 bits per heavy atom. The molecule has 3 heterocycles. The number of carbonyl (C=O) groups excluding carboxylic acids is 1. The minimum atomic E-state index is -3.74. The average Bonchev–Trinajstić information content (AvgIpc) is 2.92. The molecule has 1 aliphatic heterocycles. The van der Waals surface area contributed by atoms with E-state index in [9.17, 15) is 13.2 Å². The molecule has 0 spiro atoms. The lowest BCUT2D eigenvalue weighted by atomic mass is 10.1. The highest BCUT2D eigenvalue weighted by molar-refractivity contribution is 7.89. The molecule has 9 heteroatoms. The molecule has 2 aromatic heterocycles. The molecule has 2 aromatic carbocycles. The number of rotatable bonds is 6. The van der Waals surface area contributed by atoms with Crippen LogP contribution < -0.4 is 5.32 Å². The minimum absolute atomic E-state index is 0.122. The third-order valence-corrected chi connectivity index (χ3v) is 8.03. The zero-order valence-corrected chi connectivity index (χ0v) is 20.7. The second-order valence-corrected chi connectivity index (χ2v) is 10.6. The Labute approximate surface area is 210 Å². The van der Waals surface area contributed by atoms with Gasteiger partial charge in [0.2, 0.25) is 10.0 Å². The smallest absolute Gasteiger partial charge is 0.252 e. The Morgan fingerprint density at radius 1 is 1.00 bits per heavy atom. The minimum Gasteiger partial charge on any atom is -0.379 e. The van der Waals surface area contributed by atoms with Crippen LogP contribution in [0.5, 0.6) is 0 Å². The van der Waals surface area contributed by atoms with Crippen molar-refractivity contribution in [3.05, 3.63) is 89.6 Å². The number of hydrogen-bond acceptors (Lipinski definition) is 6. The molecular weight excluding hydrogens is 476 g/mol. The van der Waals surface area contributed by atoms with Crippen LogP contribution in [0.25, 0.3) is 22.3 Å². The van der Waals surface area contributed by atoms with Crippen molar-refractivity contribution in [3.63, 3.8) is 0 Å². The summed E-state index contributed by atoms with van der Waals surface area (Å²) in [5.74, 6) is -0.318. The van der Waals surface area contributed by atoms with Gasteiger partial charge in [0.05, 0.1) is 40.6 Å². The first-order valence-electron chi connectivity index (χ1n) is 11.7. The highest BCUT2D eigenvalue weighted by atomic mass is 32.2. The molecule has 184 valence electrons. The van der Waals surface area contributed by atoms with Gasteiger partial charge in [0.1, 0.15) is 0 Å². The van der Waals surface area contributed by atoms with Crippen LogP contribution >= 0.6 is 0 Å². The third-order valence-electron chi connectivity index (χ3n) is 6.13. The summed E-state index contributed by atoms with van der Waals surface area (Å²) >= 11 is 0. The number of amides is 1. The number of hydrogen-bond donors (Lipinski definition) is 1. The highest BCUT2D eigenvalue weighted by Gasteiger charge is 2.27. The Kier molecular flexibility index (Phi) is 6.77. The first-order valence-corrected chi connectivity index (χ1v) is 13.1. The maximum absolute atomic E-state index is 13.4. The second kappa shape index (κ2) is 10.1. The monoisotopic (exact) mass is 502 g/mol. The molecule has 8 nitrogen and oxygen atoms in total. The van der Waals surface area contributed by atoms with Crippen LogP contribution in [-0.2, 0) is 21.3 Å². The van der Waals surface area contributed by atoms with E-state index >= 15 is 0 Å². The summed E-state index contributed by atoms with van der Waals surface area (Å²) in [4.78, 5) is 22.6. The molecule has 0 saturated carbocycles. The lowest BCUT2D eigenvalue weighted by Gasteiger charge is -2.26. The number of benzene rings is 2. The van der Waals surface area contributed by atoms with E-state index in [1.54, 1.807) is 18.3 Å². The van der Waals surface area contributed by atoms with Gasteiger partial charge in [0.25, 0.3) is 5.91 Å². The van der Waals surface area contributed by atoms with Gasteiger partial charge < -0.3 is 10.1 Å². The summed E-state index contributed by atoms with van der Waals surface area (Å²) in [5.41, 5.74) is 4.11. The predicted molar refractivity (Wildman–Crippen MR) is 137 cm³/mol. The molecule has 0 atom stereocenters. The lowest BCUT2D eigenvalue weighted by molar-refractivity contribution is 0.0730. The molecule has 1 saturated heterocycles. The zero-order chi connectivity index (χ0) is 25.1. The number of morpholine rings is 1. The first-order chi connectivity index (χ1) is 17.4. The molecule has 1 amide bonds. The molecule has 0 radical (unpaired) electrons. The van der Waals surface area contributed by atoms with Crippen LogP contribution in [0.15, 0.2) is 77.8 Å². The molecule has 0 aliphatic carbocycles. The number of fused-ring (bicyclic) bond motifs is 1. The van der Waals surface area contributed by atoms with Crippen molar-refractivity contribution in [3.8, 4) is 11.4 Å². The quantitative estimate of drug-likeness (QED) is 0.433. The van der Waals surface area contributed by atoms with Crippen molar-refractivity contribution in [1.82, 2.24) is 19.6 Å². The van der Waals surface area contributed by atoms with Crippen LogP contribution in [0.3, 0.4) is 0 Å². The van der Waals surface area contributed by atoms with E-state index in [0.717, 1.165) is 11.1 Å². The second-order valence-electron chi connectivity index (χ2n) is 8.63. The number of nitrogens with zero attached hydrogens (tertiary/aromatic N) is 3. The summed E-state index contributed by atoms with van der Waals surface area (Å²) in [6.07, 6.45) is 1.66. The van der Waals surface area contributed by atoms with Crippen molar-refractivity contribution in [2.75, 3.05) is 26.3 Å². The van der Waals surface area contributed by atoms with Gasteiger partial charge >= 0.3 is 0 Å². The molecule has 0 bridgehead atoms. The molecular formula is C27H26N4O4S. The number of pyridine rings is 2. The van der Waals surface area contributed by atoms with Gasteiger partial charge in [0, 0.05) is 31.2 Å². The summed E-state index contributed by atoms with van der Waals surface area (Å²) < 4.78 is 33.3. The van der Waals surface area contributed by atoms with Gasteiger partial charge in [-0.3, -0.25) is 9.78 Å². The van der Waals surface area contributed by atoms with Crippen molar-refractivity contribution in [1.29, 1.82) is 0 Å². The van der Waals surface area contributed by atoms with Crippen LogP contribution in [-0.4, -0.2) is 54.9 Å². The van der Waals surface area contributed by atoms with E-state index < -0.39 is 10.0 Å². The number of ether oxygens (including phenoxy) is 1. The third kappa shape index (κ3) is 4.99. The number of carbonyl (C=O) groups is 1. The van der Waals surface area contributed by atoms with Gasteiger partial charge in [0.15, 0.2) is 0 Å². The summed E-state index contributed by atoms with van der Waals surface area (Å²) in [7, 11) is -3.74. The van der Waals surface area contributed by atoms with E-state index in [1.165, 1.54) is 16.4 Å². The van der Waals surface area contributed by atoms with Crippen molar-refractivity contribution in [2.45, 2.75) is 18.4 Å². The zero-order valence-electron chi connectivity index (χ0n) is 19.8. The number of sulfonamides is 1. The fourth-order valence-electron chi connectivity index (χ4n) is 4.12. The Bertz CT molecular complexity index is 1500. The number of aryl methyl sites for hydroxylation is 1. The maximum Gasteiger partial charge on any atom is 0.252 e. The summed E-state index contributed by atoms with van der Waals surface area (Å²) in [6, 6.07) is 19.8. The average molecular weight is 503 g/mol. The van der Waals surface area contributed by atoms with Crippen molar-refractivity contribution >= 4 is 26.8 Å². The standard InChI is InChI=1S/C27H26N4O4S/c1-19-5-7-20(8-6-19)18-29-27(32)23-17-26(25-4-2-3-11-28-25)30-24-10-9-21(16-22(23)24)36(33,34)31-12-14-35-15-13-31/h2-11,16-17H,12-15,18H2,1H3,(H,29,32). The Balaban J connectivity index is 1.56. The Morgan fingerprint density at radius 2 is 1.78 bits per heavy atom. The van der Waals surface area contributed by atoms with E-state index in [4.69, 9.17) is 4.74 Å². The maximum atomic E-state index is 13.4. The van der Waals surface area contributed by atoms with E-state index in [-0.39, 0.29) is 10.8 Å². The van der Waals surface area contributed by atoms with Crippen LogP contribution in [0, 0.1) is 6.92 Å². The fraction of sp³-hybridized carbons (Fsp3) is 0.222. The molecule has 5 rings (SSSR count). The lowest BCUT2D eigenvalue weighted by Crippen LogP contribution is -2.40. The fourth-order valence-corrected chi connectivity index (χ4v) is 5.55. The van der Waals surface area contributed by atoms with Gasteiger partial charge in [-0.05, 0) is 48.9 Å². The number of aromatic nitrogens is 2. The van der Waals surface area contributed by atoms with Gasteiger partial charge in [-0.25, -0.2) is 13.4 Å². The topological polar surface area (TPSA) is 101 Å². The molecule has 0 unspecified atom stereocenters. The highest BCUT2D eigenvalue weighted by Crippen LogP contribution is 2.28.